The highest BCUT2D eigenvalue weighted by Gasteiger charge is 2.02. The van der Waals surface area contributed by atoms with Crippen LogP contribution in [0.1, 0.15) is 5.69 Å². The van der Waals surface area contributed by atoms with Crippen molar-refractivity contribution in [3.63, 3.8) is 0 Å². The Bertz CT molecular complexity index is 405. The molecule has 3 heteroatoms. The van der Waals surface area contributed by atoms with E-state index >= 15 is 0 Å². The molecule has 0 N–H and O–H groups in total. The normalized spacial score (nSPS) is 10.3. The van der Waals surface area contributed by atoms with Gasteiger partial charge in [0.05, 0.1) is 5.69 Å². The van der Waals surface area contributed by atoms with Gasteiger partial charge < -0.3 is 4.42 Å². The monoisotopic (exact) mass is 193 g/mol. The smallest absolute Gasteiger partial charge is 0.226 e. The standard InChI is InChI=1S/C10H8ClNO/c1-7-6-13-10(12-7)8-2-4-9(11)5-3-8/h2-6H,1H3. The Labute approximate surface area is 81.2 Å². The van der Waals surface area contributed by atoms with Crippen molar-refractivity contribution in [3.05, 3.63) is 41.2 Å². The van der Waals surface area contributed by atoms with E-state index in [1.54, 1.807) is 6.26 Å². The molecule has 0 radical (unpaired) electrons. The second kappa shape index (κ2) is 3.23. The number of aryl methyl sites for hydroxylation is 1. The quantitative estimate of drug-likeness (QED) is 0.695. The van der Waals surface area contributed by atoms with Gasteiger partial charge in [-0.15, -0.1) is 0 Å². The topological polar surface area (TPSA) is 26.0 Å². The number of nitrogens with zero attached hydrogens (tertiary/aromatic N) is 1. The molecule has 2 rings (SSSR count). The minimum atomic E-state index is 0.633. The lowest BCUT2D eigenvalue weighted by molar-refractivity contribution is 0.573. The molecule has 1 aromatic heterocycles. The molecule has 0 atom stereocenters. The zero-order chi connectivity index (χ0) is 9.26. The first-order chi connectivity index (χ1) is 6.25. The zero-order valence-electron chi connectivity index (χ0n) is 7.12. The zero-order valence-corrected chi connectivity index (χ0v) is 7.88. The lowest BCUT2D eigenvalue weighted by Crippen LogP contribution is -1.76. The summed E-state index contributed by atoms with van der Waals surface area (Å²) in [5.74, 6) is 0.633. The molecular weight excluding hydrogens is 186 g/mol. The highest BCUT2D eigenvalue weighted by molar-refractivity contribution is 6.30. The van der Waals surface area contributed by atoms with Crippen LogP contribution in [0.2, 0.25) is 5.02 Å². The van der Waals surface area contributed by atoms with Crippen molar-refractivity contribution >= 4 is 11.6 Å². The van der Waals surface area contributed by atoms with Crippen LogP contribution in [0.3, 0.4) is 0 Å². The van der Waals surface area contributed by atoms with E-state index in [0.29, 0.717) is 10.9 Å². The van der Waals surface area contributed by atoms with E-state index < -0.39 is 0 Å². The fourth-order valence-corrected chi connectivity index (χ4v) is 1.21. The number of hydrogen-bond acceptors (Lipinski definition) is 2. The Hall–Kier alpha value is -1.28. The molecule has 2 nitrogen and oxygen atoms in total. The van der Waals surface area contributed by atoms with Crippen molar-refractivity contribution in [1.29, 1.82) is 0 Å². The molecule has 0 saturated heterocycles. The summed E-state index contributed by atoms with van der Waals surface area (Å²) in [6.45, 7) is 1.89. The predicted molar refractivity (Wildman–Crippen MR) is 51.7 cm³/mol. The van der Waals surface area contributed by atoms with Crippen molar-refractivity contribution < 1.29 is 4.42 Å². The van der Waals surface area contributed by atoms with Gasteiger partial charge in [-0.3, -0.25) is 0 Å². The van der Waals surface area contributed by atoms with E-state index in [4.69, 9.17) is 16.0 Å². The highest BCUT2D eigenvalue weighted by Crippen LogP contribution is 2.20. The SMILES string of the molecule is Cc1coc(-c2ccc(Cl)cc2)n1. The van der Waals surface area contributed by atoms with Crippen LogP contribution < -0.4 is 0 Å². The number of hydrogen-bond donors (Lipinski definition) is 0. The summed E-state index contributed by atoms with van der Waals surface area (Å²) in [4.78, 5) is 4.20. The van der Waals surface area contributed by atoms with Crippen LogP contribution in [-0.2, 0) is 0 Å². The minimum Gasteiger partial charge on any atom is -0.444 e. The maximum atomic E-state index is 5.75. The van der Waals surface area contributed by atoms with Crippen LogP contribution in [0.15, 0.2) is 34.9 Å². The molecule has 66 valence electrons. The second-order valence-corrected chi connectivity index (χ2v) is 3.24. The largest absolute Gasteiger partial charge is 0.444 e. The predicted octanol–water partition coefficient (Wildman–Crippen LogP) is 3.30. The maximum Gasteiger partial charge on any atom is 0.226 e. The summed E-state index contributed by atoms with van der Waals surface area (Å²) in [5.41, 5.74) is 1.82. The molecule has 13 heavy (non-hydrogen) atoms. The summed E-state index contributed by atoms with van der Waals surface area (Å²) in [6, 6.07) is 7.40. The fourth-order valence-electron chi connectivity index (χ4n) is 1.08. The van der Waals surface area contributed by atoms with Crippen LogP contribution in [0.4, 0.5) is 0 Å². The third-order valence-electron chi connectivity index (χ3n) is 1.71. The van der Waals surface area contributed by atoms with Crippen LogP contribution in [-0.4, -0.2) is 4.98 Å². The number of benzene rings is 1. The second-order valence-electron chi connectivity index (χ2n) is 2.80. The number of rotatable bonds is 1. The summed E-state index contributed by atoms with van der Waals surface area (Å²) in [5, 5.41) is 0.715. The first kappa shape index (κ1) is 8.32. The van der Waals surface area contributed by atoms with E-state index in [1.165, 1.54) is 0 Å². The van der Waals surface area contributed by atoms with Gasteiger partial charge in [-0.25, -0.2) is 4.98 Å². The van der Waals surface area contributed by atoms with Crippen molar-refractivity contribution in [2.75, 3.05) is 0 Å². The van der Waals surface area contributed by atoms with Crippen molar-refractivity contribution in [2.24, 2.45) is 0 Å². The van der Waals surface area contributed by atoms with Gasteiger partial charge in [0.2, 0.25) is 5.89 Å². The van der Waals surface area contributed by atoms with E-state index in [1.807, 2.05) is 31.2 Å². The van der Waals surface area contributed by atoms with E-state index in [2.05, 4.69) is 4.98 Å². The first-order valence-corrected chi connectivity index (χ1v) is 4.31. The Morgan fingerprint density at radius 3 is 2.46 bits per heavy atom. The molecule has 0 spiro atoms. The Morgan fingerprint density at radius 1 is 1.23 bits per heavy atom. The molecular formula is C10H8ClNO. The average Bonchev–Trinajstić information content (AvgIpc) is 2.53. The van der Waals surface area contributed by atoms with E-state index in [0.717, 1.165) is 11.3 Å². The van der Waals surface area contributed by atoms with Crippen LogP contribution in [0, 0.1) is 6.92 Å². The average molecular weight is 194 g/mol. The first-order valence-electron chi connectivity index (χ1n) is 3.94. The van der Waals surface area contributed by atoms with Crippen LogP contribution in [0.5, 0.6) is 0 Å². The molecule has 0 amide bonds. The van der Waals surface area contributed by atoms with Gasteiger partial charge in [-0.05, 0) is 31.2 Å². The Morgan fingerprint density at radius 2 is 1.92 bits per heavy atom. The van der Waals surface area contributed by atoms with Crippen molar-refractivity contribution in [1.82, 2.24) is 4.98 Å². The molecule has 0 saturated carbocycles. The van der Waals surface area contributed by atoms with Crippen LogP contribution in [0.25, 0.3) is 11.5 Å². The van der Waals surface area contributed by atoms with E-state index in [9.17, 15) is 0 Å². The summed E-state index contributed by atoms with van der Waals surface area (Å²) in [6.07, 6.45) is 1.63. The highest BCUT2D eigenvalue weighted by atomic mass is 35.5. The Kier molecular flexibility index (Phi) is 2.07. The molecule has 0 aliphatic carbocycles. The number of halogens is 1. The van der Waals surface area contributed by atoms with Gasteiger partial charge in [-0.1, -0.05) is 11.6 Å². The third kappa shape index (κ3) is 1.73. The molecule has 0 unspecified atom stereocenters. The molecule has 0 bridgehead atoms. The molecule has 0 aliphatic heterocycles. The molecule has 1 aromatic carbocycles. The number of aromatic nitrogens is 1. The lowest BCUT2D eigenvalue weighted by Gasteiger charge is -1.93. The third-order valence-corrected chi connectivity index (χ3v) is 1.96. The fraction of sp³-hybridized carbons (Fsp3) is 0.100. The van der Waals surface area contributed by atoms with E-state index in [-0.39, 0.29) is 0 Å². The summed E-state index contributed by atoms with van der Waals surface area (Å²) >= 11 is 5.75. The number of oxazole rings is 1. The van der Waals surface area contributed by atoms with Gasteiger partial charge >= 0.3 is 0 Å². The van der Waals surface area contributed by atoms with Gasteiger partial charge in [-0.2, -0.15) is 0 Å². The molecule has 2 aromatic rings. The van der Waals surface area contributed by atoms with Gasteiger partial charge in [0.25, 0.3) is 0 Å². The van der Waals surface area contributed by atoms with Gasteiger partial charge in [0, 0.05) is 10.6 Å². The minimum absolute atomic E-state index is 0.633. The van der Waals surface area contributed by atoms with Gasteiger partial charge in [0.15, 0.2) is 0 Å². The van der Waals surface area contributed by atoms with Crippen LogP contribution >= 0.6 is 11.6 Å². The van der Waals surface area contributed by atoms with Crippen molar-refractivity contribution in [3.8, 4) is 11.5 Å². The Balaban J connectivity index is 2.41. The molecule has 0 fully saturated rings. The lowest BCUT2D eigenvalue weighted by atomic mass is 10.2. The molecule has 1 heterocycles. The summed E-state index contributed by atoms with van der Waals surface area (Å²) < 4.78 is 5.24. The summed E-state index contributed by atoms with van der Waals surface area (Å²) in [7, 11) is 0. The van der Waals surface area contributed by atoms with Gasteiger partial charge in [0.1, 0.15) is 6.26 Å². The van der Waals surface area contributed by atoms with Crippen molar-refractivity contribution in [2.45, 2.75) is 6.92 Å². The maximum absolute atomic E-state index is 5.75. The molecule has 0 aliphatic rings.